The number of nitrogens with zero attached hydrogens (tertiary/aromatic N) is 1. The number of amides is 2. The van der Waals surface area contributed by atoms with E-state index in [2.05, 4.69) is 20.3 Å². The highest BCUT2D eigenvalue weighted by Gasteiger charge is 2.44. The Morgan fingerprint density at radius 1 is 0.792 bits per heavy atom. The van der Waals surface area contributed by atoms with Crippen LogP contribution in [0, 0.1) is 13.8 Å². The maximum absolute atomic E-state index is 14.0. The third-order valence-corrected chi connectivity index (χ3v) is 8.76. The largest absolute Gasteiger partial charge is 0.469 e. The lowest BCUT2D eigenvalue weighted by Gasteiger charge is -2.11. The standard InChI is InChI=1S/C35H39F3N4O6/c1-8-20-17(3)24(39-26(20)16-29-32(35(36,37)38)21(9-2)34(46)42-29)14-25-18(4)22(10-12-30(43)47-6)27(40-25)15-28-23(11-13-31(44)48-7)19(5)33(45)41-28/h14-16,39-40H,8-13H2,1-7H3,(H,42,46)/b25-14-,27-15-,29-16-. The number of halogens is 3. The molecule has 0 radical (unpaired) electrons. The van der Waals surface area contributed by atoms with Gasteiger partial charge in [0.15, 0.2) is 0 Å². The summed E-state index contributed by atoms with van der Waals surface area (Å²) in [5.74, 6) is -1.99. The Morgan fingerprint density at radius 3 is 2.02 bits per heavy atom. The first-order chi connectivity index (χ1) is 22.6. The number of rotatable bonds is 11. The highest BCUT2D eigenvalue weighted by Crippen LogP contribution is 2.38. The van der Waals surface area contributed by atoms with Gasteiger partial charge in [-0.25, -0.2) is 4.99 Å². The van der Waals surface area contributed by atoms with Gasteiger partial charge in [0.2, 0.25) is 0 Å². The van der Waals surface area contributed by atoms with Gasteiger partial charge < -0.3 is 24.8 Å². The normalized spacial score (nSPS) is 16.9. The molecular formula is C35H39F3N4O6. The molecule has 10 nitrogen and oxygen atoms in total. The Bertz CT molecular complexity index is 1940. The average Bonchev–Trinajstić information content (AvgIpc) is 3.70. The third kappa shape index (κ3) is 7.29. The van der Waals surface area contributed by atoms with Gasteiger partial charge in [-0.1, -0.05) is 13.8 Å². The van der Waals surface area contributed by atoms with Crippen LogP contribution in [0.3, 0.4) is 0 Å². The van der Waals surface area contributed by atoms with Crippen molar-refractivity contribution >= 4 is 47.7 Å². The molecule has 0 saturated heterocycles. The number of hydrogen-bond acceptors (Lipinski definition) is 6. The van der Waals surface area contributed by atoms with Crippen molar-refractivity contribution < 1.29 is 41.8 Å². The molecule has 0 unspecified atom stereocenters. The van der Waals surface area contributed by atoms with Gasteiger partial charge in [-0.3, -0.25) is 19.2 Å². The minimum Gasteiger partial charge on any atom is -0.469 e. The van der Waals surface area contributed by atoms with Crippen molar-refractivity contribution in [2.24, 2.45) is 4.99 Å². The summed E-state index contributed by atoms with van der Waals surface area (Å²) in [5, 5.41) is 3.64. The van der Waals surface area contributed by atoms with E-state index in [9.17, 15) is 32.3 Å². The molecule has 3 N–H and O–H groups in total. The number of carbonyl (C=O) groups excluding carboxylic acids is 4. The van der Waals surface area contributed by atoms with Crippen molar-refractivity contribution in [3.05, 3.63) is 72.3 Å². The van der Waals surface area contributed by atoms with Crippen LogP contribution < -0.4 is 16.0 Å². The topological polar surface area (TPSA) is 143 Å². The molecule has 0 fully saturated rings. The van der Waals surface area contributed by atoms with Gasteiger partial charge in [0.05, 0.1) is 31.2 Å². The Hall–Kier alpha value is -4.94. The van der Waals surface area contributed by atoms with E-state index in [4.69, 9.17) is 9.47 Å². The second-order valence-corrected chi connectivity index (χ2v) is 11.5. The van der Waals surface area contributed by atoms with E-state index in [1.54, 1.807) is 13.0 Å². The SMILES string of the molecule is CCC1=C(C(F)(F)F)/C(=C/c2[nH]c(/C=c3\[nH]/c(=C\C4=NC(=O)C(C)=C4CCC(=O)OC)c(CCC(=O)OC)c3C)c(C)c2CC)NC1=O. The van der Waals surface area contributed by atoms with Crippen molar-refractivity contribution in [2.75, 3.05) is 14.2 Å². The van der Waals surface area contributed by atoms with Crippen LogP contribution in [0.2, 0.25) is 0 Å². The van der Waals surface area contributed by atoms with Crippen LogP contribution in [0.15, 0.2) is 33.0 Å². The van der Waals surface area contributed by atoms with Crippen molar-refractivity contribution in [1.82, 2.24) is 15.3 Å². The first-order valence-corrected chi connectivity index (χ1v) is 15.6. The predicted octanol–water partition coefficient (Wildman–Crippen LogP) is 4.23. The minimum absolute atomic E-state index is 0.0616. The monoisotopic (exact) mass is 668 g/mol. The van der Waals surface area contributed by atoms with E-state index in [1.165, 1.54) is 27.2 Å². The molecule has 2 aromatic heterocycles. The summed E-state index contributed by atoms with van der Waals surface area (Å²) in [6, 6.07) is 0. The van der Waals surface area contributed by atoms with Gasteiger partial charge in [0.1, 0.15) is 0 Å². The van der Waals surface area contributed by atoms with Crippen LogP contribution in [0.5, 0.6) is 0 Å². The fourth-order valence-electron chi connectivity index (χ4n) is 6.08. The Balaban J connectivity index is 1.86. The third-order valence-electron chi connectivity index (χ3n) is 8.76. The number of allylic oxidation sites excluding steroid dienone is 2. The number of methoxy groups -OCH3 is 2. The summed E-state index contributed by atoms with van der Waals surface area (Å²) in [6.07, 6.45) is 1.32. The Labute approximate surface area is 275 Å². The van der Waals surface area contributed by atoms with E-state index in [-0.39, 0.29) is 37.0 Å². The van der Waals surface area contributed by atoms with Crippen LogP contribution in [0.1, 0.15) is 80.1 Å². The van der Waals surface area contributed by atoms with Crippen LogP contribution in [0.4, 0.5) is 13.2 Å². The van der Waals surface area contributed by atoms with Crippen molar-refractivity contribution in [3.8, 4) is 0 Å². The minimum atomic E-state index is -4.71. The van der Waals surface area contributed by atoms with Gasteiger partial charge in [-0.05, 0) is 92.5 Å². The molecule has 256 valence electrons. The lowest BCUT2D eigenvalue weighted by molar-refractivity contribution is -0.141. The number of aliphatic imine (C=N–C) groups is 1. The van der Waals surface area contributed by atoms with Crippen LogP contribution in [-0.2, 0) is 41.5 Å². The number of carbonyl (C=O) groups is 4. The second kappa shape index (κ2) is 14.4. The van der Waals surface area contributed by atoms with E-state index in [0.717, 1.165) is 22.3 Å². The maximum atomic E-state index is 14.0. The zero-order valence-corrected chi connectivity index (χ0v) is 28.0. The number of hydrogen-bond donors (Lipinski definition) is 3. The van der Waals surface area contributed by atoms with Crippen LogP contribution in [0.25, 0.3) is 18.2 Å². The fraction of sp³-hybridized carbons (Fsp3) is 0.400. The molecule has 2 aliphatic rings. The average molecular weight is 669 g/mol. The molecule has 4 rings (SSSR count). The lowest BCUT2D eigenvalue weighted by Crippen LogP contribution is -2.18. The molecule has 0 aromatic carbocycles. The van der Waals surface area contributed by atoms with Gasteiger partial charge in [0.25, 0.3) is 11.8 Å². The summed E-state index contributed by atoms with van der Waals surface area (Å²) in [7, 11) is 2.59. The lowest BCUT2D eigenvalue weighted by atomic mass is 10.00. The molecule has 0 saturated carbocycles. The summed E-state index contributed by atoms with van der Waals surface area (Å²) < 4.78 is 51.6. The van der Waals surface area contributed by atoms with E-state index in [0.29, 0.717) is 51.8 Å². The number of alkyl halides is 3. The highest BCUT2D eigenvalue weighted by atomic mass is 19.4. The van der Waals surface area contributed by atoms with E-state index >= 15 is 0 Å². The summed E-state index contributed by atoms with van der Waals surface area (Å²) in [6.45, 7) is 8.78. The Morgan fingerprint density at radius 2 is 1.44 bits per heavy atom. The number of esters is 2. The smallest absolute Gasteiger partial charge is 0.418 e. The first-order valence-electron chi connectivity index (χ1n) is 15.6. The molecule has 2 aromatic rings. The quantitative estimate of drug-likeness (QED) is 0.306. The molecule has 13 heteroatoms. The number of aromatic amines is 2. The molecule has 0 bridgehead atoms. The van der Waals surface area contributed by atoms with Crippen molar-refractivity contribution in [1.29, 1.82) is 0 Å². The molecule has 0 atom stereocenters. The molecular weight excluding hydrogens is 629 g/mol. The summed E-state index contributed by atoms with van der Waals surface area (Å²) in [4.78, 5) is 59.7. The molecule has 4 heterocycles. The van der Waals surface area contributed by atoms with Gasteiger partial charge in [0, 0.05) is 46.1 Å². The number of aromatic nitrogens is 2. The number of nitrogens with one attached hydrogen (secondary N) is 3. The fourth-order valence-corrected chi connectivity index (χ4v) is 6.08. The first kappa shape index (κ1) is 35.9. The zero-order chi connectivity index (χ0) is 35.5. The molecule has 2 amide bonds. The van der Waals surface area contributed by atoms with Gasteiger partial charge in [-0.15, -0.1) is 0 Å². The summed E-state index contributed by atoms with van der Waals surface area (Å²) >= 11 is 0. The molecule has 48 heavy (non-hydrogen) atoms. The van der Waals surface area contributed by atoms with E-state index in [1.807, 2.05) is 26.8 Å². The predicted molar refractivity (Wildman–Crippen MR) is 174 cm³/mol. The highest BCUT2D eigenvalue weighted by molar-refractivity contribution is 6.31. The van der Waals surface area contributed by atoms with Crippen LogP contribution >= 0.6 is 0 Å². The van der Waals surface area contributed by atoms with E-state index < -0.39 is 35.5 Å². The van der Waals surface area contributed by atoms with Gasteiger partial charge >= 0.3 is 18.1 Å². The summed E-state index contributed by atoms with van der Waals surface area (Å²) in [5.41, 5.74) is 4.12. The number of H-pyrrole nitrogens is 2. The second-order valence-electron chi connectivity index (χ2n) is 11.5. The van der Waals surface area contributed by atoms with Gasteiger partial charge in [-0.2, -0.15) is 13.2 Å². The zero-order valence-electron chi connectivity index (χ0n) is 28.0. The maximum Gasteiger partial charge on any atom is 0.418 e. The Kier molecular flexibility index (Phi) is 10.8. The molecule has 0 aliphatic carbocycles. The van der Waals surface area contributed by atoms with Crippen molar-refractivity contribution in [2.45, 2.75) is 79.3 Å². The number of ether oxygens (including phenoxy) is 2. The molecule has 0 spiro atoms. The van der Waals surface area contributed by atoms with Crippen molar-refractivity contribution in [3.63, 3.8) is 0 Å². The van der Waals surface area contributed by atoms with Crippen LogP contribution in [-0.4, -0.2) is 59.8 Å². The molecule has 2 aliphatic heterocycles.